The lowest BCUT2D eigenvalue weighted by Crippen LogP contribution is -2.34. The van der Waals surface area contributed by atoms with E-state index in [0.717, 1.165) is 67.9 Å². The van der Waals surface area contributed by atoms with Crippen molar-refractivity contribution in [1.29, 1.82) is 5.26 Å². The number of imidazole rings is 1. The molecule has 0 spiro atoms. The highest BCUT2D eigenvalue weighted by atomic mass is 16.3. The molecule has 0 fully saturated rings. The Kier molecular flexibility index (Phi) is 12.6. The second-order valence-corrected chi connectivity index (χ2v) is 10.8. The van der Waals surface area contributed by atoms with E-state index in [1.54, 1.807) is 6.20 Å². The van der Waals surface area contributed by atoms with E-state index in [9.17, 15) is 10.1 Å². The van der Waals surface area contributed by atoms with E-state index in [1.165, 1.54) is 0 Å². The summed E-state index contributed by atoms with van der Waals surface area (Å²) in [5.74, 6) is 1.04. The van der Waals surface area contributed by atoms with Crippen molar-refractivity contribution in [3.8, 4) is 17.3 Å². The maximum Gasteiger partial charge on any atom is 0.290 e. The average Bonchev–Trinajstić information content (AvgIpc) is 3.26. The third kappa shape index (κ3) is 9.48. The van der Waals surface area contributed by atoms with Gasteiger partial charge in [0.05, 0.1) is 29.2 Å². The lowest BCUT2D eigenvalue weighted by molar-refractivity contribution is -0.122. The monoisotopic (exact) mass is 534 g/mol. The molecular formula is C30H42N6O3. The largest absolute Gasteiger partial charge is 0.483 e. The van der Waals surface area contributed by atoms with Crippen molar-refractivity contribution in [2.24, 2.45) is 11.8 Å². The number of nitriles is 1. The first-order chi connectivity index (χ1) is 18.6. The summed E-state index contributed by atoms with van der Waals surface area (Å²) in [4.78, 5) is 35.5. The zero-order valence-corrected chi connectivity index (χ0v) is 24.1. The maximum atomic E-state index is 13.6. The molecule has 0 aliphatic carbocycles. The Morgan fingerprint density at radius 1 is 1.08 bits per heavy atom. The molecule has 0 atom stereocenters. The molecule has 1 N–H and O–H groups in total. The second-order valence-electron chi connectivity index (χ2n) is 10.8. The Morgan fingerprint density at radius 2 is 1.67 bits per heavy atom. The fourth-order valence-electron chi connectivity index (χ4n) is 4.15. The van der Waals surface area contributed by atoms with Crippen LogP contribution in [0, 0.1) is 23.2 Å². The SMILES string of the molecule is CC(C)CCN(CCC(C)C)C(=O)c1cn2c(CCCN(C)C)c(-c3ccc(C#N)cc3)nc2cn1.O=CO. The van der Waals surface area contributed by atoms with Gasteiger partial charge in [0.2, 0.25) is 0 Å². The first-order valence-electron chi connectivity index (χ1n) is 13.5. The quantitative estimate of drug-likeness (QED) is 0.325. The van der Waals surface area contributed by atoms with E-state index in [0.29, 0.717) is 23.1 Å². The molecule has 0 bridgehead atoms. The summed E-state index contributed by atoms with van der Waals surface area (Å²) in [6, 6.07) is 9.69. The van der Waals surface area contributed by atoms with Crippen LogP contribution >= 0.6 is 0 Å². The van der Waals surface area contributed by atoms with Gasteiger partial charge < -0.3 is 14.9 Å². The number of carbonyl (C=O) groups is 2. The Hall–Kier alpha value is -3.77. The van der Waals surface area contributed by atoms with Gasteiger partial charge in [-0.15, -0.1) is 0 Å². The van der Waals surface area contributed by atoms with E-state index in [2.05, 4.69) is 57.7 Å². The zero-order chi connectivity index (χ0) is 28.9. The van der Waals surface area contributed by atoms with Crippen molar-refractivity contribution >= 4 is 18.0 Å². The van der Waals surface area contributed by atoms with Crippen LogP contribution in [0.4, 0.5) is 0 Å². The van der Waals surface area contributed by atoms with E-state index < -0.39 is 0 Å². The lowest BCUT2D eigenvalue weighted by Gasteiger charge is -2.24. The predicted octanol–water partition coefficient (Wildman–Crippen LogP) is 5.00. The van der Waals surface area contributed by atoms with Crippen LogP contribution in [0.5, 0.6) is 0 Å². The van der Waals surface area contributed by atoms with Crippen LogP contribution in [0.1, 0.15) is 68.7 Å². The first kappa shape index (κ1) is 31.4. The predicted molar refractivity (Wildman–Crippen MR) is 154 cm³/mol. The second kappa shape index (κ2) is 15.6. The fraction of sp³-hybridized carbons (Fsp3) is 0.500. The molecular weight excluding hydrogens is 492 g/mol. The van der Waals surface area contributed by atoms with Crippen LogP contribution in [0.25, 0.3) is 16.9 Å². The Labute approximate surface area is 232 Å². The number of benzene rings is 1. The first-order valence-corrected chi connectivity index (χ1v) is 13.5. The molecule has 39 heavy (non-hydrogen) atoms. The van der Waals surface area contributed by atoms with Gasteiger partial charge in [0.1, 0.15) is 5.69 Å². The van der Waals surface area contributed by atoms with E-state index >= 15 is 0 Å². The van der Waals surface area contributed by atoms with Crippen LogP contribution in [0.3, 0.4) is 0 Å². The summed E-state index contributed by atoms with van der Waals surface area (Å²) in [6.07, 6.45) is 7.28. The molecule has 0 unspecified atom stereocenters. The fourth-order valence-corrected chi connectivity index (χ4v) is 4.15. The molecule has 0 saturated carbocycles. The number of aromatic nitrogens is 3. The van der Waals surface area contributed by atoms with Gasteiger partial charge in [-0.2, -0.15) is 5.26 Å². The summed E-state index contributed by atoms with van der Waals surface area (Å²) in [7, 11) is 4.14. The van der Waals surface area contributed by atoms with Gasteiger partial charge in [0.15, 0.2) is 5.65 Å². The molecule has 0 aliphatic heterocycles. The van der Waals surface area contributed by atoms with Crippen LogP contribution in [0.2, 0.25) is 0 Å². The standard InChI is InChI=1S/C29H40N6O.CH2O2/c1-21(2)13-16-34(17-14-22(3)4)29(36)25-20-35-26(8-7-15-33(5)6)28(32-27(35)19-31-25)24-11-9-23(18-30)10-12-24;2-1-3/h9-12,19-22H,7-8,13-17H2,1-6H3;1H,(H,2,3). The molecule has 3 rings (SSSR count). The highest BCUT2D eigenvalue weighted by molar-refractivity contribution is 5.92. The molecule has 0 radical (unpaired) electrons. The molecule has 0 aliphatic rings. The summed E-state index contributed by atoms with van der Waals surface area (Å²) in [6.45, 7) is 10.9. The van der Waals surface area contributed by atoms with Gasteiger partial charge in [0, 0.05) is 24.8 Å². The van der Waals surface area contributed by atoms with Gasteiger partial charge in [0.25, 0.3) is 12.4 Å². The normalized spacial score (nSPS) is 11.0. The summed E-state index contributed by atoms with van der Waals surface area (Å²) < 4.78 is 2.03. The molecule has 1 amide bonds. The van der Waals surface area contributed by atoms with Gasteiger partial charge in [-0.25, -0.2) is 9.97 Å². The van der Waals surface area contributed by atoms with Crippen molar-refractivity contribution < 1.29 is 14.7 Å². The minimum atomic E-state index is -0.250. The number of carbonyl (C=O) groups excluding carboxylic acids is 1. The number of aryl methyl sites for hydroxylation is 1. The molecule has 9 heteroatoms. The number of carboxylic acid groups (broad SMARTS) is 1. The van der Waals surface area contributed by atoms with Crippen LogP contribution in [-0.2, 0) is 11.2 Å². The van der Waals surface area contributed by atoms with Crippen molar-refractivity contribution in [1.82, 2.24) is 24.2 Å². The number of rotatable bonds is 12. The third-order valence-corrected chi connectivity index (χ3v) is 6.37. The zero-order valence-electron chi connectivity index (χ0n) is 24.1. The molecule has 9 nitrogen and oxygen atoms in total. The molecule has 3 aromatic rings. The highest BCUT2D eigenvalue weighted by Gasteiger charge is 2.21. The topological polar surface area (TPSA) is 115 Å². The van der Waals surface area contributed by atoms with Crippen molar-refractivity contribution in [2.45, 2.75) is 53.4 Å². The maximum absolute atomic E-state index is 13.6. The lowest BCUT2D eigenvalue weighted by atomic mass is 10.1. The van der Waals surface area contributed by atoms with E-state index in [-0.39, 0.29) is 12.4 Å². The highest BCUT2D eigenvalue weighted by Crippen LogP contribution is 2.26. The third-order valence-electron chi connectivity index (χ3n) is 6.37. The Morgan fingerprint density at radius 3 is 2.18 bits per heavy atom. The number of amides is 1. The number of nitrogens with zero attached hydrogens (tertiary/aromatic N) is 6. The van der Waals surface area contributed by atoms with Crippen LogP contribution < -0.4 is 0 Å². The number of hydrogen-bond donors (Lipinski definition) is 1. The Bertz CT molecular complexity index is 1230. The average molecular weight is 535 g/mol. The number of fused-ring (bicyclic) bond motifs is 1. The Balaban J connectivity index is 0.00000170. The van der Waals surface area contributed by atoms with E-state index in [4.69, 9.17) is 14.9 Å². The number of hydrogen-bond acceptors (Lipinski definition) is 6. The van der Waals surface area contributed by atoms with Gasteiger partial charge in [-0.3, -0.25) is 14.0 Å². The van der Waals surface area contributed by atoms with E-state index in [1.807, 2.05) is 39.8 Å². The van der Waals surface area contributed by atoms with Crippen molar-refractivity contribution in [2.75, 3.05) is 33.7 Å². The van der Waals surface area contributed by atoms with Crippen LogP contribution in [0.15, 0.2) is 36.7 Å². The van der Waals surface area contributed by atoms with Gasteiger partial charge in [-0.05, 0) is 70.3 Å². The summed E-state index contributed by atoms with van der Waals surface area (Å²) in [5.41, 5.74) is 4.69. The van der Waals surface area contributed by atoms with Gasteiger partial charge in [-0.1, -0.05) is 39.8 Å². The van der Waals surface area contributed by atoms with Crippen LogP contribution in [-0.4, -0.2) is 75.4 Å². The molecule has 1 aromatic carbocycles. The van der Waals surface area contributed by atoms with Crippen molar-refractivity contribution in [3.63, 3.8) is 0 Å². The summed E-state index contributed by atoms with van der Waals surface area (Å²) in [5, 5.41) is 16.1. The van der Waals surface area contributed by atoms with Crippen molar-refractivity contribution in [3.05, 3.63) is 53.6 Å². The minimum Gasteiger partial charge on any atom is -0.483 e. The molecule has 0 saturated heterocycles. The smallest absolute Gasteiger partial charge is 0.290 e. The van der Waals surface area contributed by atoms with Gasteiger partial charge >= 0.3 is 0 Å². The minimum absolute atomic E-state index is 0.0222. The molecule has 2 heterocycles. The molecule has 210 valence electrons. The molecule has 2 aromatic heterocycles. The summed E-state index contributed by atoms with van der Waals surface area (Å²) >= 11 is 0.